The molecule has 1 amide bonds. The van der Waals surface area contributed by atoms with E-state index in [4.69, 9.17) is 16.7 Å². The Morgan fingerprint density at radius 3 is 2.74 bits per heavy atom. The molecular weight excluding hydrogens is 248 g/mol. The summed E-state index contributed by atoms with van der Waals surface area (Å²) in [6.07, 6.45) is 3.65. The van der Waals surface area contributed by atoms with E-state index >= 15 is 0 Å². The van der Waals surface area contributed by atoms with E-state index in [1.165, 1.54) is 4.90 Å². The Labute approximate surface area is 112 Å². The topological polar surface area (TPSA) is 100 Å². The monoisotopic (exact) mass is 267 g/mol. The summed E-state index contributed by atoms with van der Waals surface area (Å²) in [4.78, 5) is 15.7. The van der Waals surface area contributed by atoms with Gasteiger partial charge < -0.3 is 9.84 Å². The lowest BCUT2D eigenvalue weighted by molar-refractivity contribution is 0.0710. The van der Waals surface area contributed by atoms with Crippen molar-refractivity contribution >= 4 is 6.09 Å². The quantitative estimate of drug-likeness (QED) is 0.458. The second-order valence-corrected chi connectivity index (χ2v) is 5.51. The fourth-order valence-corrected chi connectivity index (χ4v) is 2.49. The Balaban J connectivity index is 3.09. The van der Waals surface area contributed by atoms with Crippen LogP contribution in [-0.4, -0.2) is 47.4 Å². The molecule has 0 aliphatic carbocycles. The van der Waals surface area contributed by atoms with E-state index in [9.17, 15) is 9.90 Å². The maximum atomic E-state index is 11.3. The predicted octanol–water partition coefficient (Wildman–Crippen LogP) is 1.33. The molecule has 0 aromatic rings. The van der Waals surface area contributed by atoms with Crippen molar-refractivity contribution in [2.45, 2.75) is 39.0 Å². The van der Waals surface area contributed by atoms with E-state index in [1.54, 1.807) is 0 Å². The molecule has 0 saturated carbocycles. The molecule has 3 atom stereocenters. The van der Waals surface area contributed by atoms with Crippen molar-refractivity contribution in [2.75, 3.05) is 13.2 Å². The van der Waals surface area contributed by atoms with Crippen LogP contribution in [0.25, 0.3) is 0 Å². The molecule has 7 heteroatoms. The van der Waals surface area contributed by atoms with E-state index in [1.807, 2.05) is 20.8 Å². The number of terminal acetylenes is 1. The number of nitrogens with zero attached hydrogens (tertiary/aromatic N) is 3. The third-order valence-electron chi connectivity index (χ3n) is 3.12. The van der Waals surface area contributed by atoms with Gasteiger partial charge in [-0.15, -0.1) is 6.42 Å². The summed E-state index contributed by atoms with van der Waals surface area (Å²) in [6, 6.07) is -0.913. The average Bonchev–Trinajstić information content (AvgIpc) is 2.65. The molecule has 2 N–H and O–H groups in total. The molecule has 0 aromatic carbocycles. The van der Waals surface area contributed by atoms with Gasteiger partial charge in [0.1, 0.15) is 23.4 Å². The van der Waals surface area contributed by atoms with Crippen molar-refractivity contribution in [3.05, 3.63) is 0 Å². The number of hydrogen-bond donors (Lipinski definition) is 2. The maximum Gasteiger partial charge on any atom is 0.407 e. The fraction of sp³-hybridized carbons (Fsp3) is 0.750. The second kappa shape index (κ2) is 5.83. The number of hydrogen-bond acceptors (Lipinski definition) is 4. The third kappa shape index (κ3) is 3.31. The van der Waals surface area contributed by atoms with Gasteiger partial charge in [0.05, 0.1) is 12.6 Å². The number of rotatable bonds is 3. The van der Waals surface area contributed by atoms with Crippen LogP contribution in [0.3, 0.4) is 0 Å². The Hall–Kier alpha value is -1.90. The molecular formula is C12H19N4O3+. The van der Waals surface area contributed by atoms with Crippen molar-refractivity contribution in [1.29, 1.82) is 5.53 Å². The van der Waals surface area contributed by atoms with Crippen molar-refractivity contribution < 1.29 is 14.6 Å². The summed E-state index contributed by atoms with van der Waals surface area (Å²) in [6.45, 7) is 6.03. The van der Waals surface area contributed by atoms with Crippen LogP contribution < -0.4 is 4.91 Å². The minimum atomic E-state index is -1.03. The summed E-state index contributed by atoms with van der Waals surface area (Å²) in [5.74, 6) is 2.35. The zero-order valence-corrected chi connectivity index (χ0v) is 11.3. The van der Waals surface area contributed by atoms with Crippen molar-refractivity contribution in [1.82, 2.24) is 9.81 Å². The van der Waals surface area contributed by atoms with E-state index < -0.39 is 24.3 Å². The smallest absolute Gasteiger partial charge is 0.407 e. The number of carboxylic acid groups (broad SMARTS) is 1. The van der Waals surface area contributed by atoms with E-state index in [0.717, 1.165) is 0 Å². The van der Waals surface area contributed by atoms with Gasteiger partial charge in [-0.25, -0.2) is 4.79 Å². The van der Waals surface area contributed by atoms with Gasteiger partial charge in [-0.1, -0.05) is 26.7 Å². The molecule has 1 saturated heterocycles. The van der Waals surface area contributed by atoms with Crippen molar-refractivity contribution in [3.8, 4) is 12.3 Å². The zero-order chi connectivity index (χ0) is 14.6. The van der Waals surface area contributed by atoms with Gasteiger partial charge in [0.2, 0.25) is 4.91 Å². The van der Waals surface area contributed by atoms with Crippen LogP contribution in [0.1, 0.15) is 20.8 Å². The highest BCUT2D eigenvalue weighted by atomic mass is 16.5. The highest BCUT2D eigenvalue weighted by Gasteiger charge is 2.52. The fourth-order valence-electron chi connectivity index (χ4n) is 2.49. The first-order chi connectivity index (χ1) is 8.82. The summed E-state index contributed by atoms with van der Waals surface area (Å²) >= 11 is 0. The van der Waals surface area contributed by atoms with Gasteiger partial charge in [-0.05, 0) is 5.41 Å². The van der Waals surface area contributed by atoms with Gasteiger partial charge >= 0.3 is 6.09 Å². The lowest BCUT2D eigenvalue weighted by Crippen LogP contribution is -2.47. The Morgan fingerprint density at radius 2 is 2.32 bits per heavy atom. The van der Waals surface area contributed by atoms with Crippen LogP contribution in [0.15, 0.2) is 5.11 Å². The number of nitrogens with one attached hydrogen (secondary N) is 1. The first kappa shape index (κ1) is 15.2. The summed E-state index contributed by atoms with van der Waals surface area (Å²) in [5, 5.41) is 13.1. The molecule has 1 unspecified atom stereocenters. The first-order valence-electron chi connectivity index (χ1n) is 5.94. The predicted molar refractivity (Wildman–Crippen MR) is 67.6 cm³/mol. The lowest BCUT2D eigenvalue weighted by atomic mass is 9.82. The van der Waals surface area contributed by atoms with Crippen LogP contribution in [0.5, 0.6) is 0 Å². The number of ether oxygens (including phenoxy) is 1. The van der Waals surface area contributed by atoms with Gasteiger partial charge in [0.25, 0.3) is 0 Å². The molecule has 1 rings (SSSR count). The molecule has 1 aliphatic heterocycles. The summed E-state index contributed by atoms with van der Waals surface area (Å²) in [7, 11) is 0. The minimum absolute atomic E-state index is 0.0823. The highest BCUT2D eigenvalue weighted by Crippen LogP contribution is 2.35. The lowest BCUT2D eigenvalue weighted by Gasteiger charge is -2.33. The van der Waals surface area contributed by atoms with Crippen LogP contribution in [0, 0.1) is 23.3 Å². The van der Waals surface area contributed by atoms with E-state index in [-0.39, 0.29) is 18.6 Å². The van der Waals surface area contributed by atoms with Gasteiger partial charge in [-0.3, -0.25) is 4.90 Å². The summed E-state index contributed by atoms with van der Waals surface area (Å²) in [5.41, 5.74) is 6.56. The van der Waals surface area contributed by atoms with E-state index in [0.29, 0.717) is 0 Å². The van der Waals surface area contributed by atoms with Crippen LogP contribution in [-0.2, 0) is 4.74 Å². The molecule has 104 valence electrons. The average molecular weight is 267 g/mol. The largest absolute Gasteiger partial charge is 0.465 e. The maximum absolute atomic E-state index is 11.3. The molecule has 0 bridgehead atoms. The third-order valence-corrected chi connectivity index (χ3v) is 3.12. The zero-order valence-electron chi connectivity index (χ0n) is 11.3. The number of amides is 1. The minimum Gasteiger partial charge on any atom is -0.465 e. The van der Waals surface area contributed by atoms with E-state index in [2.05, 4.69) is 15.9 Å². The number of likely N-dealkylation sites (tertiary alicyclic amines) is 1. The summed E-state index contributed by atoms with van der Waals surface area (Å²) < 4.78 is 5.44. The van der Waals surface area contributed by atoms with Crippen LogP contribution >= 0.6 is 0 Å². The van der Waals surface area contributed by atoms with Crippen LogP contribution in [0.4, 0.5) is 4.79 Å². The number of carbonyl (C=O) groups is 1. The first-order valence-corrected chi connectivity index (χ1v) is 5.94. The molecule has 1 aliphatic rings. The van der Waals surface area contributed by atoms with Gasteiger partial charge in [0, 0.05) is 0 Å². The molecule has 0 aromatic heterocycles. The molecule has 7 nitrogen and oxygen atoms in total. The standard InChI is InChI=1S/C12H18N4O3/c1-5-6-19-8-7-16(11(17)18)10(12(2,3)4)9(8)14-15-13/h1,8-10,13H,6-7H2,2-4H3/p+1/t8-,9+,10?/m0/s1. The molecule has 1 fully saturated rings. The molecule has 1 heterocycles. The normalized spacial score (nSPS) is 26.6. The SMILES string of the molecule is C#CCO[C@H]1CN(C(=O)O)C(C(C)(C)C)[C@@H]1N=[N+]=N. The van der Waals surface area contributed by atoms with Gasteiger partial charge in [0.15, 0.2) is 6.04 Å². The molecule has 0 radical (unpaired) electrons. The molecule has 19 heavy (non-hydrogen) atoms. The van der Waals surface area contributed by atoms with Crippen molar-refractivity contribution in [2.24, 2.45) is 10.5 Å². The Kier molecular flexibility index (Phi) is 4.65. The van der Waals surface area contributed by atoms with Gasteiger partial charge in [-0.2, -0.15) is 0 Å². The Morgan fingerprint density at radius 1 is 1.68 bits per heavy atom. The van der Waals surface area contributed by atoms with Crippen LogP contribution in [0.2, 0.25) is 0 Å². The molecule has 0 spiro atoms. The highest BCUT2D eigenvalue weighted by molar-refractivity contribution is 5.66. The Bertz CT molecular complexity index is 431. The second-order valence-electron chi connectivity index (χ2n) is 5.51. The van der Waals surface area contributed by atoms with Crippen molar-refractivity contribution in [3.63, 3.8) is 0 Å².